The molecule has 1 atom stereocenters. The fourth-order valence-corrected chi connectivity index (χ4v) is 3.22. The average Bonchev–Trinajstić information content (AvgIpc) is 3.28. The van der Waals surface area contributed by atoms with E-state index in [1.54, 1.807) is 0 Å². The minimum absolute atomic E-state index is 0.238. The van der Waals surface area contributed by atoms with Gasteiger partial charge in [0.1, 0.15) is 11.2 Å². The second kappa shape index (κ2) is 5.04. The van der Waals surface area contributed by atoms with Gasteiger partial charge in [0.05, 0.1) is 11.0 Å². The van der Waals surface area contributed by atoms with Gasteiger partial charge < -0.3 is 4.57 Å². The van der Waals surface area contributed by atoms with Crippen molar-refractivity contribution in [2.75, 3.05) is 0 Å². The van der Waals surface area contributed by atoms with Gasteiger partial charge in [-0.1, -0.05) is 41.9 Å². The van der Waals surface area contributed by atoms with E-state index in [2.05, 4.69) is 4.57 Å². The van der Waals surface area contributed by atoms with Crippen LogP contribution in [0.15, 0.2) is 48.5 Å². The highest BCUT2D eigenvalue weighted by atomic mass is 35.5. The lowest BCUT2D eigenvalue weighted by molar-refractivity contribution is 0.709. The van der Waals surface area contributed by atoms with Crippen LogP contribution in [0.25, 0.3) is 11.0 Å². The van der Waals surface area contributed by atoms with E-state index in [4.69, 9.17) is 28.2 Å². The second-order valence-corrected chi connectivity index (χ2v) is 6.35. The Bertz CT molecular complexity index is 791. The first-order valence-electron chi connectivity index (χ1n) is 7.10. The Kier molecular flexibility index (Phi) is 3.16. The molecule has 0 spiro atoms. The minimum Gasteiger partial charge on any atom is -0.323 e. The van der Waals surface area contributed by atoms with E-state index in [0.29, 0.717) is 11.1 Å². The topological polar surface area (TPSA) is 17.8 Å². The van der Waals surface area contributed by atoms with Gasteiger partial charge in [0.25, 0.3) is 0 Å². The Balaban J connectivity index is 1.89. The summed E-state index contributed by atoms with van der Waals surface area (Å²) in [7, 11) is 0. The first-order chi connectivity index (χ1) is 10.2. The highest BCUT2D eigenvalue weighted by molar-refractivity contribution is 6.31. The first kappa shape index (κ1) is 13.2. The SMILES string of the molecule is Clc1ccc2c(c1)nc(C(Cl)c1ccccc1)n2C1CC1. The van der Waals surface area contributed by atoms with Gasteiger partial charge in [-0.2, -0.15) is 0 Å². The number of rotatable bonds is 3. The van der Waals surface area contributed by atoms with E-state index in [1.165, 1.54) is 12.8 Å². The van der Waals surface area contributed by atoms with E-state index in [0.717, 1.165) is 22.4 Å². The van der Waals surface area contributed by atoms with Gasteiger partial charge in [0, 0.05) is 11.1 Å². The number of imidazole rings is 1. The average molecular weight is 317 g/mol. The summed E-state index contributed by atoms with van der Waals surface area (Å²) in [5, 5.41) is 0.471. The predicted octanol–water partition coefficient (Wildman–Crippen LogP) is 5.35. The van der Waals surface area contributed by atoms with E-state index in [9.17, 15) is 0 Å². The van der Waals surface area contributed by atoms with Crippen LogP contribution in [0.1, 0.15) is 35.6 Å². The lowest BCUT2D eigenvalue weighted by atomic mass is 10.1. The maximum Gasteiger partial charge on any atom is 0.132 e. The molecular formula is C17H14Cl2N2. The number of aromatic nitrogens is 2. The number of halogens is 2. The molecule has 1 unspecified atom stereocenters. The van der Waals surface area contributed by atoms with Crippen LogP contribution >= 0.6 is 23.2 Å². The van der Waals surface area contributed by atoms with Gasteiger partial charge in [-0.3, -0.25) is 0 Å². The van der Waals surface area contributed by atoms with Crippen LogP contribution in [0, 0.1) is 0 Å². The third kappa shape index (κ3) is 2.33. The van der Waals surface area contributed by atoms with Crippen LogP contribution in [0.5, 0.6) is 0 Å². The van der Waals surface area contributed by atoms with Gasteiger partial charge in [-0.25, -0.2) is 4.98 Å². The summed E-state index contributed by atoms with van der Waals surface area (Å²) < 4.78 is 2.29. The Hall–Kier alpha value is -1.51. The van der Waals surface area contributed by atoms with Crippen molar-refractivity contribution in [3.63, 3.8) is 0 Å². The zero-order valence-corrected chi connectivity index (χ0v) is 12.8. The van der Waals surface area contributed by atoms with Gasteiger partial charge in [0.15, 0.2) is 0 Å². The van der Waals surface area contributed by atoms with Crippen molar-refractivity contribution in [3.05, 3.63) is 64.9 Å². The zero-order valence-electron chi connectivity index (χ0n) is 11.3. The van der Waals surface area contributed by atoms with Crippen molar-refractivity contribution >= 4 is 34.2 Å². The molecule has 1 aliphatic carbocycles. The molecule has 106 valence electrons. The van der Waals surface area contributed by atoms with Crippen molar-refractivity contribution in [2.45, 2.75) is 24.3 Å². The Morgan fingerprint density at radius 1 is 1.10 bits per heavy atom. The van der Waals surface area contributed by atoms with Gasteiger partial charge in [-0.15, -0.1) is 11.6 Å². The highest BCUT2D eigenvalue weighted by Gasteiger charge is 2.30. The molecule has 0 saturated heterocycles. The molecule has 21 heavy (non-hydrogen) atoms. The summed E-state index contributed by atoms with van der Waals surface area (Å²) in [6, 6.07) is 16.5. The summed E-state index contributed by atoms with van der Waals surface area (Å²) in [6.07, 6.45) is 2.39. The van der Waals surface area contributed by atoms with E-state index in [-0.39, 0.29) is 5.38 Å². The molecule has 0 aliphatic heterocycles. The smallest absolute Gasteiger partial charge is 0.132 e. The van der Waals surface area contributed by atoms with Crippen molar-refractivity contribution in [1.82, 2.24) is 9.55 Å². The molecule has 1 heterocycles. The molecule has 0 N–H and O–H groups in total. The molecular weight excluding hydrogens is 303 g/mol. The van der Waals surface area contributed by atoms with Crippen molar-refractivity contribution < 1.29 is 0 Å². The largest absolute Gasteiger partial charge is 0.323 e. The molecule has 0 bridgehead atoms. The maximum absolute atomic E-state index is 6.70. The molecule has 2 aromatic carbocycles. The molecule has 1 saturated carbocycles. The van der Waals surface area contributed by atoms with Crippen molar-refractivity contribution in [1.29, 1.82) is 0 Å². The van der Waals surface area contributed by atoms with Crippen LogP contribution in [0.2, 0.25) is 5.02 Å². The molecule has 0 amide bonds. The molecule has 3 aromatic rings. The summed E-state index contributed by atoms with van der Waals surface area (Å²) in [5.74, 6) is 0.919. The molecule has 1 fully saturated rings. The van der Waals surface area contributed by atoms with Crippen LogP contribution in [0.3, 0.4) is 0 Å². The fourth-order valence-electron chi connectivity index (χ4n) is 2.76. The molecule has 4 heteroatoms. The second-order valence-electron chi connectivity index (χ2n) is 5.48. The summed E-state index contributed by atoms with van der Waals surface area (Å²) in [6.45, 7) is 0. The van der Waals surface area contributed by atoms with Gasteiger partial charge in [-0.05, 0) is 36.6 Å². The predicted molar refractivity (Wildman–Crippen MR) is 87.2 cm³/mol. The number of hydrogen-bond acceptors (Lipinski definition) is 1. The Morgan fingerprint density at radius 2 is 1.86 bits per heavy atom. The van der Waals surface area contributed by atoms with Crippen molar-refractivity contribution in [2.24, 2.45) is 0 Å². The van der Waals surface area contributed by atoms with Gasteiger partial charge >= 0.3 is 0 Å². The summed E-state index contributed by atoms with van der Waals surface area (Å²) in [4.78, 5) is 4.76. The van der Waals surface area contributed by atoms with Crippen LogP contribution in [-0.2, 0) is 0 Å². The molecule has 1 aromatic heterocycles. The first-order valence-corrected chi connectivity index (χ1v) is 7.92. The number of alkyl halides is 1. The third-order valence-electron chi connectivity index (χ3n) is 3.91. The zero-order chi connectivity index (χ0) is 14.4. The van der Waals surface area contributed by atoms with Crippen LogP contribution in [0.4, 0.5) is 0 Å². The third-order valence-corrected chi connectivity index (χ3v) is 4.59. The number of fused-ring (bicyclic) bond motifs is 1. The molecule has 1 aliphatic rings. The highest BCUT2D eigenvalue weighted by Crippen LogP contribution is 2.42. The van der Waals surface area contributed by atoms with E-state index >= 15 is 0 Å². The normalized spacial score (nSPS) is 16.3. The molecule has 0 radical (unpaired) electrons. The fraction of sp³-hybridized carbons (Fsp3) is 0.235. The molecule has 2 nitrogen and oxygen atoms in total. The van der Waals surface area contributed by atoms with Crippen LogP contribution < -0.4 is 0 Å². The van der Waals surface area contributed by atoms with Crippen molar-refractivity contribution in [3.8, 4) is 0 Å². The van der Waals surface area contributed by atoms with E-state index in [1.807, 2.05) is 48.5 Å². The minimum atomic E-state index is -0.238. The van der Waals surface area contributed by atoms with E-state index < -0.39 is 0 Å². The quantitative estimate of drug-likeness (QED) is 0.595. The molecule has 4 rings (SSSR count). The number of benzene rings is 2. The standard InChI is InChI=1S/C17H14Cl2N2/c18-12-6-9-15-14(10-12)20-17(21(15)13-7-8-13)16(19)11-4-2-1-3-5-11/h1-6,9-10,13,16H,7-8H2. The lowest BCUT2D eigenvalue weighted by Crippen LogP contribution is -2.05. The lowest BCUT2D eigenvalue weighted by Gasteiger charge is -2.13. The number of hydrogen-bond donors (Lipinski definition) is 0. The Morgan fingerprint density at radius 3 is 2.57 bits per heavy atom. The number of nitrogens with zero attached hydrogens (tertiary/aromatic N) is 2. The Labute approximate surface area is 133 Å². The summed E-state index contributed by atoms with van der Waals surface area (Å²) >= 11 is 12.8. The maximum atomic E-state index is 6.70. The summed E-state index contributed by atoms with van der Waals surface area (Å²) in [5.41, 5.74) is 3.12. The monoisotopic (exact) mass is 316 g/mol. The van der Waals surface area contributed by atoms with Gasteiger partial charge in [0.2, 0.25) is 0 Å². The van der Waals surface area contributed by atoms with Crippen LogP contribution in [-0.4, -0.2) is 9.55 Å².